The SMILES string of the molecule is CC(C)OC(=O)NCCc1ccccc1C(=O)O. The van der Waals surface area contributed by atoms with Gasteiger partial charge in [0.15, 0.2) is 0 Å². The molecule has 0 aromatic heterocycles. The Labute approximate surface area is 106 Å². The zero-order valence-corrected chi connectivity index (χ0v) is 10.5. The lowest BCUT2D eigenvalue weighted by Crippen LogP contribution is -2.28. The summed E-state index contributed by atoms with van der Waals surface area (Å²) in [5, 5.41) is 11.6. The van der Waals surface area contributed by atoms with Crippen molar-refractivity contribution in [2.45, 2.75) is 26.4 Å². The molecule has 1 aromatic rings. The predicted octanol–water partition coefficient (Wildman–Crippen LogP) is 2.06. The van der Waals surface area contributed by atoms with Crippen LogP contribution >= 0.6 is 0 Å². The fourth-order valence-corrected chi connectivity index (χ4v) is 1.50. The number of carbonyl (C=O) groups is 2. The quantitative estimate of drug-likeness (QED) is 0.839. The molecule has 0 spiro atoms. The molecule has 0 unspecified atom stereocenters. The Balaban J connectivity index is 2.49. The van der Waals surface area contributed by atoms with E-state index in [2.05, 4.69) is 5.32 Å². The minimum atomic E-state index is -0.963. The molecule has 0 aliphatic rings. The van der Waals surface area contributed by atoms with Gasteiger partial charge in [0.1, 0.15) is 0 Å². The van der Waals surface area contributed by atoms with E-state index >= 15 is 0 Å². The fourth-order valence-electron chi connectivity index (χ4n) is 1.50. The van der Waals surface area contributed by atoms with Crippen molar-refractivity contribution in [3.63, 3.8) is 0 Å². The minimum absolute atomic E-state index is 0.170. The molecule has 0 saturated carbocycles. The van der Waals surface area contributed by atoms with Crippen molar-refractivity contribution in [2.24, 2.45) is 0 Å². The lowest BCUT2D eigenvalue weighted by molar-refractivity contribution is 0.0695. The van der Waals surface area contributed by atoms with Gasteiger partial charge < -0.3 is 15.2 Å². The molecule has 1 amide bonds. The largest absolute Gasteiger partial charge is 0.478 e. The van der Waals surface area contributed by atoms with Crippen molar-refractivity contribution in [2.75, 3.05) is 6.54 Å². The number of ether oxygens (including phenoxy) is 1. The van der Waals surface area contributed by atoms with Crippen LogP contribution in [0.1, 0.15) is 29.8 Å². The Bertz CT molecular complexity index is 429. The highest BCUT2D eigenvalue weighted by molar-refractivity contribution is 5.89. The Morgan fingerprint density at radius 2 is 2.00 bits per heavy atom. The summed E-state index contributed by atoms with van der Waals surface area (Å²) in [6, 6.07) is 6.73. The predicted molar refractivity (Wildman–Crippen MR) is 66.7 cm³/mol. The first-order valence-corrected chi connectivity index (χ1v) is 5.76. The lowest BCUT2D eigenvalue weighted by atomic mass is 10.0. The van der Waals surface area contributed by atoms with Crippen LogP contribution in [0, 0.1) is 0 Å². The van der Waals surface area contributed by atoms with Crippen molar-refractivity contribution in [1.82, 2.24) is 5.32 Å². The summed E-state index contributed by atoms with van der Waals surface area (Å²) in [5.74, 6) is -0.963. The first-order valence-electron chi connectivity index (χ1n) is 5.76. The van der Waals surface area contributed by atoms with E-state index in [0.29, 0.717) is 18.5 Å². The van der Waals surface area contributed by atoms with Crippen LogP contribution in [-0.2, 0) is 11.2 Å². The minimum Gasteiger partial charge on any atom is -0.478 e. The number of benzene rings is 1. The van der Waals surface area contributed by atoms with Gasteiger partial charge in [-0.05, 0) is 31.9 Å². The van der Waals surface area contributed by atoms with Crippen molar-refractivity contribution >= 4 is 12.1 Å². The maximum Gasteiger partial charge on any atom is 0.407 e. The second-order valence-corrected chi connectivity index (χ2v) is 4.09. The van der Waals surface area contributed by atoms with Gasteiger partial charge in [-0.15, -0.1) is 0 Å². The summed E-state index contributed by atoms with van der Waals surface area (Å²) < 4.78 is 4.90. The van der Waals surface area contributed by atoms with Gasteiger partial charge in [0.25, 0.3) is 0 Å². The Hall–Kier alpha value is -2.04. The average Bonchev–Trinajstić information content (AvgIpc) is 2.28. The molecule has 0 atom stereocenters. The third-order valence-electron chi connectivity index (χ3n) is 2.25. The van der Waals surface area contributed by atoms with Gasteiger partial charge in [-0.1, -0.05) is 18.2 Å². The Morgan fingerprint density at radius 3 is 2.61 bits per heavy atom. The third kappa shape index (κ3) is 4.45. The van der Waals surface area contributed by atoms with Gasteiger partial charge in [-0.25, -0.2) is 9.59 Å². The summed E-state index contributed by atoms with van der Waals surface area (Å²) in [6.45, 7) is 3.87. The summed E-state index contributed by atoms with van der Waals surface area (Å²) >= 11 is 0. The van der Waals surface area contributed by atoms with Gasteiger partial charge in [-0.3, -0.25) is 0 Å². The normalized spacial score (nSPS) is 10.2. The van der Waals surface area contributed by atoms with E-state index in [1.807, 2.05) is 0 Å². The van der Waals surface area contributed by atoms with Crippen molar-refractivity contribution < 1.29 is 19.4 Å². The molecular formula is C13H17NO4. The van der Waals surface area contributed by atoms with Crippen molar-refractivity contribution in [1.29, 1.82) is 0 Å². The maximum atomic E-state index is 11.2. The van der Waals surface area contributed by atoms with E-state index < -0.39 is 12.1 Å². The van der Waals surface area contributed by atoms with Gasteiger partial charge in [-0.2, -0.15) is 0 Å². The number of nitrogens with one attached hydrogen (secondary N) is 1. The lowest BCUT2D eigenvalue weighted by Gasteiger charge is -2.10. The van der Waals surface area contributed by atoms with E-state index in [1.54, 1.807) is 38.1 Å². The highest BCUT2D eigenvalue weighted by atomic mass is 16.6. The Morgan fingerprint density at radius 1 is 1.33 bits per heavy atom. The van der Waals surface area contributed by atoms with E-state index in [1.165, 1.54) is 0 Å². The number of amides is 1. The number of carboxylic acids is 1. The number of carbonyl (C=O) groups excluding carboxylic acids is 1. The van der Waals surface area contributed by atoms with Crippen LogP contribution in [-0.4, -0.2) is 29.8 Å². The molecule has 0 saturated heterocycles. The summed E-state index contributed by atoms with van der Waals surface area (Å²) in [6.07, 6.45) is -0.204. The molecule has 0 heterocycles. The molecule has 98 valence electrons. The average molecular weight is 251 g/mol. The van der Waals surface area contributed by atoms with Crippen LogP contribution in [0.25, 0.3) is 0 Å². The van der Waals surface area contributed by atoms with Crippen LogP contribution < -0.4 is 5.32 Å². The van der Waals surface area contributed by atoms with Crippen molar-refractivity contribution in [3.8, 4) is 0 Å². The molecule has 1 aromatic carbocycles. The third-order valence-corrected chi connectivity index (χ3v) is 2.25. The number of carboxylic acid groups (broad SMARTS) is 1. The van der Waals surface area contributed by atoms with E-state index in [0.717, 1.165) is 0 Å². The van der Waals surface area contributed by atoms with E-state index in [4.69, 9.17) is 9.84 Å². The molecule has 0 aliphatic carbocycles. The van der Waals surface area contributed by atoms with Gasteiger partial charge in [0.05, 0.1) is 11.7 Å². The van der Waals surface area contributed by atoms with Crippen LogP contribution in [0.5, 0.6) is 0 Å². The number of hydrogen-bond acceptors (Lipinski definition) is 3. The monoisotopic (exact) mass is 251 g/mol. The molecule has 0 bridgehead atoms. The number of aromatic carboxylic acids is 1. The van der Waals surface area contributed by atoms with Gasteiger partial charge in [0, 0.05) is 6.54 Å². The topological polar surface area (TPSA) is 75.6 Å². The summed E-state index contributed by atoms with van der Waals surface area (Å²) in [5.41, 5.74) is 0.950. The molecular weight excluding hydrogens is 234 g/mol. The summed E-state index contributed by atoms with van der Waals surface area (Å²) in [7, 11) is 0. The molecule has 5 heteroatoms. The second kappa shape index (κ2) is 6.64. The molecule has 0 fully saturated rings. The van der Waals surface area contributed by atoms with Crippen LogP contribution in [0.4, 0.5) is 4.79 Å². The zero-order valence-electron chi connectivity index (χ0n) is 10.5. The Kier molecular flexibility index (Phi) is 5.17. The smallest absolute Gasteiger partial charge is 0.407 e. The van der Waals surface area contributed by atoms with E-state index in [9.17, 15) is 9.59 Å². The molecule has 18 heavy (non-hydrogen) atoms. The molecule has 2 N–H and O–H groups in total. The highest BCUT2D eigenvalue weighted by Crippen LogP contribution is 2.08. The summed E-state index contributed by atoms with van der Waals surface area (Å²) in [4.78, 5) is 22.2. The van der Waals surface area contributed by atoms with E-state index in [-0.39, 0.29) is 11.7 Å². The van der Waals surface area contributed by atoms with Crippen LogP contribution in [0.2, 0.25) is 0 Å². The molecule has 1 rings (SSSR count). The van der Waals surface area contributed by atoms with Crippen molar-refractivity contribution in [3.05, 3.63) is 35.4 Å². The zero-order chi connectivity index (χ0) is 13.5. The maximum absolute atomic E-state index is 11.2. The number of alkyl carbamates (subject to hydrolysis) is 1. The van der Waals surface area contributed by atoms with Gasteiger partial charge >= 0.3 is 12.1 Å². The first kappa shape index (κ1) is 14.0. The molecule has 0 radical (unpaired) electrons. The molecule has 5 nitrogen and oxygen atoms in total. The first-order chi connectivity index (χ1) is 8.50. The number of hydrogen-bond donors (Lipinski definition) is 2. The van der Waals surface area contributed by atoms with Crippen LogP contribution in [0.15, 0.2) is 24.3 Å². The second-order valence-electron chi connectivity index (χ2n) is 4.09. The number of rotatable bonds is 5. The van der Waals surface area contributed by atoms with Gasteiger partial charge in [0.2, 0.25) is 0 Å². The van der Waals surface area contributed by atoms with Crippen LogP contribution in [0.3, 0.4) is 0 Å². The standard InChI is InChI=1S/C13H17NO4/c1-9(2)18-13(17)14-8-7-10-5-3-4-6-11(10)12(15)16/h3-6,9H,7-8H2,1-2H3,(H,14,17)(H,15,16). The fraction of sp³-hybridized carbons (Fsp3) is 0.385. The highest BCUT2D eigenvalue weighted by Gasteiger charge is 2.09. The molecule has 0 aliphatic heterocycles.